The van der Waals surface area contributed by atoms with Gasteiger partial charge in [-0.1, -0.05) is 13.8 Å². The van der Waals surface area contributed by atoms with Crippen LogP contribution in [0.1, 0.15) is 47.0 Å². The second-order valence-electron chi connectivity index (χ2n) is 4.87. The summed E-state index contributed by atoms with van der Waals surface area (Å²) in [6, 6.07) is 2.24. The van der Waals surface area contributed by atoms with Crippen molar-refractivity contribution in [2.45, 2.75) is 53.0 Å². The number of carbonyl (C=O) groups is 1. The quantitative estimate of drug-likeness (QED) is 0.642. The summed E-state index contributed by atoms with van der Waals surface area (Å²) in [6.45, 7) is 9.10. The summed E-state index contributed by atoms with van der Waals surface area (Å²) >= 11 is 0. The van der Waals surface area contributed by atoms with Gasteiger partial charge in [-0.05, 0) is 32.6 Å². The molecule has 98 valence electrons. The van der Waals surface area contributed by atoms with E-state index >= 15 is 0 Å². The molecule has 0 saturated heterocycles. The lowest BCUT2D eigenvalue weighted by molar-refractivity contribution is 0.0816. The van der Waals surface area contributed by atoms with Gasteiger partial charge in [0.15, 0.2) is 0 Å². The second-order valence-corrected chi connectivity index (χ2v) is 4.87. The van der Waals surface area contributed by atoms with Crippen molar-refractivity contribution in [2.75, 3.05) is 13.2 Å². The molecule has 0 fully saturated rings. The Morgan fingerprint density at radius 1 is 1.29 bits per heavy atom. The van der Waals surface area contributed by atoms with Crippen molar-refractivity contribution < 1.29 is 9.53 Å². The van der Waals surface area contributed by atoms with Gasteiger partial charge in [0, 0.05) is 19.0 Å². The Hall–Kier alpha value is -1.24. The molecule has 0 aliphatic heterocycles. The number of ether oxygens (including phenoxy) is 1. The van der Waals surface area contributed by atoms with Crippen LogP contribution in [-0.2, 0) is 4.74 Å². The van der Waals surface area contributed by atoms with Gasteiger partial charge < -0.3 is 9.64 Å². The number of nitriles is 1. The molecule has 0 spiro atoms. The molecule has 0 unspecified atom stereocenters. The van der Waals surface area contributed by atoms with Crippen LogP contribution in [-0.4, -0.2) is 30.2 Å². The Morgan fingerprint density at radius 3 is 2.41 bits per heavy atom. The Labute approximate surface area is 105 Å². The summed E-state index contributed by atoms with van der Waals surface area (Å²) in [5, 5.41) is 8.44. The summed E-state index contributed by atoms with van der Waals surface area (Å²) < 4.78 is 5.21. The van der Waals surface area contributed by atoms with E-state index < -0.39 is 0 Å². The SMILES string of the molecule is CC(C)COC(=O)N(CCCCC#N)C(C)C. The molecule has 0 aliphatic rings. The predicted molar refractivity (Wildman–Crippen MR) is 67.5 cm³/mol. The summed E-state index contributed by atoms with van der Waals surface area (Å²) in [7, 11) is 0. The number of hydrogen-bond acceptors (Lipinski definition) is 3. The van der Waals surface area contributed by atoms with Crippen LogP contribution >= 0.6 is 0 Å². The number of nitrogens with zero attached hydrogens (tertiary/aromatic N) is 2. The van der Waals surface area contributed by atoms with Gasteiger partial charge in [-0.15, -0.1) is 0 Å². The Bertz CT molecular complexity index is 257. The van der Waals surface area contributed by atoms with Crippen molar-refractivity contribution in [3.8, 4) is 6.07 Å². The lowest BCUT2D eigenvalue weighted by Gasteiger charge is -2.26. The lowest BCUT2D eigenvalue weighted by Crippen LogP contribution is -2.38. The molecule has 1 amide bonds. The molecule has 0 aromatic carbocycles. The Kier molecular flexibility index (Phi) is 8.21. The first-order valence-corrected chi connectivity index (χ1v) is 6.29. The molecule has 0 aromatic heterocycles. The highest BCUT2D eigenvalue weighted by Crippen LogP contribution is 2.07. The van der Waals surface area contributed by atoms with E-state index in [1.165, 1.54) is 0 Å². The first-order valence-electron chi connectivity index (χ1n) is 6.29. The van der Waals surface area contributed by atoms with Gasteiger partial charge in [0.1, 0.15) is 0 Å². The molecule has 0 heterocycles. The molecule has 0 saturated carbocycles. The van der Waals surface area contributed by atoms with E-state index in [0.717, 1.165) is 12.8 Å². The van der Waals surface area contributed by atoms with Gasteiger partial charge in [0.05, 0.1) is 12.7 Å². The smallest absolute Gasteiger partial charge is 0.409 e. The Balaban J connectivity index is 4.04. The van der Waals surface area contributed by atoms with Gasteiger partial charge in [-0.2, -0.15) is 5.26 Å². The zero-order valence-electron chi connectivity index (χ0n) is 11.4. The zero-order valence-corrected chi connectivity index (χ0v) is 11.4. The maximum absolute atomic E-state index is 11.8. The van der Waals surface area contributed by atoms with Crippen molar-refractivity contribution in [3.05, 3.63) is 0 Å². The van der Waals surface area contributed by atoms with Crippen LogP contribution in [0.25, 0.3) is 0 Å². The van der Waals surface area contributed by atoms with Gasteiger partial charge in [0.2, 0.25) is 0 Å². The van der Waals surface area contributed by atoms with Crippen molar-refractivity contribution in [3.63, 3.8) is 0 Å². The largest absolute Gasteiger partial charge is 0.449 e. The van der Waals surface area contributed by atoms with E-state index in [-0.39, 0.29) is 12.1 Å². The van der Waals surface area contributed by atoms with Gasteiger partial charge in [-0.25, -0.2) is 4.79 Å². The molecule has 0 rings (SSSR count). The predicted octanol–water partition coefficient (Wildman–Crippen LogP) is 3.18. The minimum Gasteiger partial charge on any atom is -0.449 e. The maximum atomic E-state index is 11.8. The van der Waals surface area contributed by atoms with Crippen LogP contribution in [0, 0.1) is 17.2 Å². The van der Waals surface area contributed by atoms with Crippen LogP contribution in [0.3, 0.4) is 0 Å². The first kappa shape index (κ1) is 15.8. The van der Waals surface area contributed by atoms with E-state index in [0.29, 0.717) is 25.5 Å². The fourth-order valence-electron chi connectivity index (χ4n) is 1.37. The van der Waals surface area contributed by atoms with E-state index in [9.17, 15) is 4.79 Å². The van der Waals surface area contributed by atoms with E-state index in [2.05, 4.69) is 6.07 Å². The molecule has 0 atom stereocenters. The highest BCUT2D eigenvalue weighted by Gasteiger charge is 2.17. The maximum Gasteiger partial charge on any atom is 0.409 e. The number of hydrogen-bond donors (Lipinski definition) is 0. The number of unbranched alkanes of at least 4 members (excludes halogenated alkanes) is 2. The van der Waals surface area contributed by atoms with E-state index in [1.807, 2.05) is 27.7 Å². The molecule has 17 heavy (non-hydrogen) atoms. The third-order valence-electron chi connectivity index (χ3n) is 2.34. The molecular formula is C13H24N2O2. The first-order chi connectivity index (χ1) is 7.99. The molecule has 0 aliphatic carbocycles. The van der Waals surface area contributed by atoms with Crippen molar-refractivity contribution in [2.24, 2.45) is 5.92 Å². The highest BCUT2D eigenvalue weighted by molar-refractivity contribution is 5.67. The molecule has 0 aromatic rings. The van der Waals surface area contributed by atoms with Crippen LogP contribution < -0.4 is 0 Å². The molecule has 0 radical (unpaired) electrons. The third kappa shape index (κ3) is 7.62. The summed E-state index contributed by atoms with van der Waals surface area (Å²) in [5.74, 6) is 0.353. The second kappa shape index (κ2) is 8.86. The molecule has 4 nitrogen and oxygen atoms in total. The van der Waals surface area contributed by atoms with Crippen molar-refractivity contribution in [1.29, 1.82) is 5.26 Å². The van der Waals surface area contributed by atoms with Crippen molar-refractivity contribution >= 4 is 6.09 Å². The highest BCUT2D eigenvalue weighted by atomic mass is 16.6. The number of carbonyl (C=O) groups excluding carboxylic acids is 1. The van der Waals surface area contributed by atoms with Gasteiger partial charge in [0.25, 0.3) is 0 Å². The lowest BCUT2D eigenvalue weighted by atomic mass is 10.2. The normalized spacial score (nSPS) is 10.4. The standard InChI is InChI=1S/C13H24N2O2/c1-11(2)10-17-13(16)15(12(3)4)9-7-5-6-8-14/h11-12H,5-7,9-10H2,1-4H3. The molecular weight excluding hydrogens is 216 g/mol. The van der Waals surface area contributed by atoms with Crippen molar-refractivity contribution in [1.82, 2.24) is 4.90 Å². The molecule has 0 N–H and O–H groups in total. The fraction of sp³-hybridized carbons (Fsp3) is 0.846. The van der Waals surface area contributed by atoms with Crippen LogP contribution in [0.4, 0.5) is 4.79 Å². The Morgan fingerprint density at radius 2 is 1.94 bits per heavy atom. The number of rotatable bonds is 7. The topological polar surface area (TPSA) is 53.3 Å². The number of amides is 1. The minimum atomic E-state index is -0.245. The van der Waals surface area contributed by atoms with Gasteiger partial charge >= 0.3 is 6.09 Å². The van der Waals surface area contributed by atoms with Crippen LogP contribution in [0.2, 0.25) is 0 Å². The average molecular weight is 240 g/mol. The van der Waals surface area contributed by atoms with E-state index in [1.54, 1.807) is 4.90 Å². The fourth-order valence-corrected chi connectivity index (χ4v) is 1.37. The van der Waals surface area contributed by atoms with Crippen LogP contribution in [0.15, 0.2) is 0 Å². The minimum absolute atomic E-state index is 0.136. The summed E-state index contributed by atoms with van der Waals surface area (Å²) in [5.41, 5.74) is 0. The van der Waals surface area contributed by atoms with Crippen LogP contribution in [0.5, 0.6) is 0 Å². The summed E-state index contributed by atoms with van der Waals surface area (Å²) in [6.07, 6.45) is 1.98. The summed E-state index contributed by atoms with van der Waals surface area (Å²) in [4.78, 5) is 13.5. The van der Waals surface area contributed by atoms with E-state index in [4.69, 9.17) is 10.00 Å². The molecule has 4 heteroatoms. The monoisotopic (exact) mass is 240 g/mol. The van der Waals surface area contributed by atoms with Gasteiger partial charge in [-0.3, -0.25) is 0 Å². The average Bonchev–Trinajstić information content (AvgIpc) is 2.25. The molecule has 0 bridgehead atoms. The third-order valence-corrected chi connectivity index (χ3v) is 2.34. The zero-order chi connectivity index (χ0) is 13.3.